The number of benzene rings is 2. The monoisotopic (exact) mass is 321 g/mol. The smallest absolute Gasteiger partial charge is 0.246 e. The summed E-state index contributed by atoms with van der Waals surface area (Å²) in [5, 5.41) is 15.1. The summed E-state index contributed by atoms with van der Waals surface area (Å²) in [5.74, 6) is -0.183. The second-order valence-corrected chi connectivity index (χ2v) is 6.84. The van der Waals surface area contributed by atoms with Crippen LogP contribution in [-0.2, 0) is 10.2 Å². The van der Waals surface area contributed by atoms with Crippen LogP contribution in [0.25, 0.3) is 0 Å². The number of hydrogen-bond acceptors (Lipinski definition) is 3. The van der Waals surface area contributed by atoms with Crippen LogP contribution >= 0.6 is 0 Å². The van der Waals surface area contributed by atoms with Crippen LogP contribution in [0, 0.1) is 11.3 Å². The van der Waals surface area contributed by atoms with Crippen molar-refractivity contribution in [3.05, 3.63) is 59.7 Å². The van der Waals surface area contributed by atoms with E-state index in [0.29, 0.717) is 11.3 Å². The first-order valence-electron chi connectivity index (χ1n) is 7.98. The molecule has 4 nitrogen and oxygen atoms in total. The van der Waals surface area contributed by atoms with Crippen LogP contribution in [-0.4, -0.2) is 11.9 Å². The Morgan fingerprint density at radius 1 is 1.08 bits per heavy atom. The molecule has 0 unspecified atom stereocenters. The number of nitrogens with zero attached hydrogens (tertiary/aromatic N) is 1. The average Bonchev–Trinajstić information content (AvgIpc) is 2.55. The van der Waals surface area contributed by atoms with Crippen LogP contribution in [0.4, 0.5) is 11.4 Å². The van der Waals surface area contributed by atoms with Gasteiger partial charge < -0.3 is 10.6 Å². The third kappa shape index (κ3) is 4.36. The van der Waals surface area contributed by atoms with Crippen molar-refractivity contribution in [3.8, 4) is 6.07 Å². The van der Waals surface area contributed by atoms with Crippen molar-refractivity contribution < 1.29 is 4.79 Å². The van der Waals surface area contributed by atoms with Gasteiger partial charge in [-0.05, 0) is 42.2 Å². The molecule has 0 aliphatic carbocycles. The highest BCUT2D eigenvalue weighted by atomic mass is 16.2. The highest BCUT2D eigenvalue weighted by Gasteiger charge is 2.16. The van der Waals surface area contributed by atoms with Crippen molar-refractivity contribution in [2.24, 2.45) is 0 Å². The largest absolute Gasteiger partial charge is 0.374 e. The van der Waals surface area contributed by atoms with Crippen molar-refractivity contribution in [2.45, 2.75) is 39.2 Å². The quantitative estimate of drug-likeness (QED) is 0.882. The Hall–Kier alpha value is -2.80. The number of anilines is 2. The van der Waals surface area contributed by atoms with Crippen LogP contribution in [0.5, 0.6) is 0 Å². The lowest BCUT2D eigenvalue weighted by atomic mass is 9.87. The molecule has 2 aromatic rings. The lowest BCUT2D eigenvalue weighted by molar-refractivity contribution is -0.116. The fraction of sp³-hybridized carbons (Fsp3) is 0.300. The number of carbonyl (C=O) groups is 1. The minimum absolute atomic E-state index is 0.0997. The Bertz CT molecular complexity index is 752. The Morgan fingerprint density at radius 2 is 1.71 bits per heavy atom. The molecule has 0 aromatic heterocycles. The van der Waals surface area contributed by atoms with Gasteiger partial charge in [-0.2, -0.15) is 5.26 Å². The van der Waals surface area contributed by atoms with E-state index in [1.807, 2.05) is 12.1 Å². The average molecular weight is 321 g/mol. The third-order valence-corrected chi connectivity index (χ3v) is 3.83. The van der Waals surface area contributed by atoms with Gasteiger partial charge in [-0.25, -0.2) is 0 Å². The molecule has 0 spiro atoms. The zero-order valence-corrected chi connectivity index (χ0v) is 14.6. The lowest BCUT2D eigenvalue weighted by Gasteiger charge is -2.20. The predicted molar refractivity (Wildman–Crippen MR) is 98.0 cm³/mol. The third-order valence-electron chi connectivity index (χ3n) is 3.83. The summed E-state index contributed by atoms with van der Waals surface area (Å²) in [5.41, 5.74) is 3.21. The van der Waals surface area contributed by atoms with Crippen molar-refractivity contribution in [1.82, 2.24) is 0 Å². The molecule has 4 heteroatoms. The summed E-state index contributed by atoms with van der Waals surface area (Å²) < 4.78 is 0. The SMILES string of the molecule is C[C@@H](Nc1ccc(C(C)(C)C)cc1)C(=O)Nc1ccccc1C#N. The molecular formula is C20H23N3O. The lowest BCUT2D eigenvalue weighted by Crippen LogP contribution is -2.32. The van der Waals surface area contributed by atoms with Gasteiger partial charge in [0, 0.05) is 5.69 Å². The first kappa shape index (κ1) is 17.6. The van der Waals surface area contributed by atoms with Crippen molar-refractivity contribution in [3.63, 3.8) is 0 Å². The van der Waals surface area contributed by atoms with E-state index in [1.54, 1.807) is 31.2 Å². The van der Waals surface area contributed by atoms with Gasteiger partial charge in [0.25, 0.3) is 0 Å². The standard InChI is InChI=1S/C20H23N3O/c1-14(19(24)23-18-8-6-5-7-15(18)13-21)22-17-11-9-16(10-12-17)20(2,3)4/h5-12,14,22H,1-4H3,(H,23,24)/t14-/m1/s1. The first-order valence-corrected chi connectivity index (χ1v) is 7.98. The van der Waals surface area contributed by atoms with E-state index >= 15 is 0 Å². The molecule has 0 radical (unpaired) electrons. The molecule has 2 aromatic carbocycles. The van der Waals surface area contributed by atoms with Crippen LogP contribution in [0.1, 0.15) is 38.8 Å². The van der Waals surface area contributed by atoms with Crippen LogP contribution in [0.3, 0.4) is 0 Å². The molecule has 0 saturated heterocycles. The molecule has 0 heterocycles. The van der Waals surface area contributed by atoms with Crippen LogP contribution in [0.15, 0.2) is 48.5 Å². The predicted octanol–water partition coefficient (Wildman–Crippen LogP) is 4.29. The van der Waals surface area contributed by atoms with E-state index in [2.05, 4.69) is 49.6 Å². The Balaban J connectivity index is 2.03. The minimum Gasteiger partial charge on any atom is -0.374 e. The Morgan fingerprint density at radius 3 is 2.29 bits per heavy atom. The highest BCUT2D eigenvalue weighted by Crippen LogP contribution is 2.23. The van der Waals surface area contributed by atoms with Gasteiger partial charge in [0.2, 0.25) is 5.91 Å². The van der Waals surface area contributed by atoms with Gasteiger partial charge in [-0.3, -0.25) is 4.79 Å². The second-order valence-electron chi connectivity index (χ2n) is 6.84. The van der Waals surface area contributed by atoms with Gasteiger partial charge in [-0.15, -0.1) is 0 Å². The summed E-state index contributed by atoms with van der Waals surface area (Å²) in [6.45, 7) is 8.29. The minimum atomic E-state index is -0.419. The summed E-state index contributed by atoms with van der Waals surface area (Å²) in [6.07, 6.45) is 0. The molecule has 1 atom stereocenters. The normalized spacial score (nSPS) is 12.1. The van der Waals surface area contributed by atoms with E-state index in [4.69, 9.17) is 5.26 Å². The summed E-state index contributed by atoms with van der Waals surface area (Å²) in [7, 11) is 0. The van der Waals surface area contributed by atoms with E-state index in [1.165, 1.54) is 5.56 Å². The summed E-state index contributed by atoms with van der Waals surface area (Å²) in [6, 6.07) is 16.7. The number of hydrogen-bond donors (Lipinski definition) is 2. The number of amides is 1. The number of nitrogens with one attached hydrogen (secondary N) is 2. The second kappa shape index (κ2) is 7.18. The van der Waals surface area contributed by atoms with E-state index in [-0.39, 0.29) is 11.3 Å². The highest BCUT2D eigenvalue weighted by molar-refractivity contribution is 5.97. The van der Waals surface area contributed by atoms with Crippen molar-refractivity contribution in [1.29, 1.82) is 5.26 Å². The van der Waals surface area contributed by atoms with E-state index in [9.17, 15) is 4.79 Å². The molecular weight excluding hydrogens is 298 g/mol. The molecule has 0 bridgehead atoms. The van der Waals surface area contributed by atoms with E-state index in [0.717, 1.165) is 5.69 Å². The number of nitriles is 1. The molecule has 0 saturated carbocycles. The maximum absolute atomic E-state index is 12.3. The molecule has 24 heavy (non-hydrogen) atoms. The van der Waals surface area contributed by atoms with Crippen molar-refractivity contribution in [2.75, 3.05) is 10.6 Å². The summed E-state index contributed by atoms with van der Waals surface area (Å²) >= 11 is 0. The maximum atomic E-state index is 12.3. The Kier molecular flexibility index (Phi) is 5.25. The zero-order chi connectivity index (χ0) is 17.7. The first-order chi connectivity index (χ1) is 11.3. The van der Waals surface area contributed by atoms with Gasteiger partial charge >= 0.3 is 0 Å². The van der Waals surface area contributed by atoms with Gasteiger partial charge in [-0.1, -0.05) is 45.0 Å². The van der Waals surface area contributed by atoms with Crippen LogP contribution < -0.4 is 10.6 Å². The molecule has 124 valence electrons. The molecule has 0 aliphatic heterocycles. The topological polar surface area (TPSA) is 64.9 Å². The van der Waals surface area contributed by atoms with Gasteiger partial charge in [0.05, 0.1) is 11.3 Å². The Labute approximate surface area is 143 Å². The fourth-order valence-corrected chi connectivity index (χ4v) is 2.31. The maximum Gasteiger partial charge on any atom is 0.246 e. The van der Waals surface area contributed by atoms with Gasteiger partial charge in [0.15, 0.2) is 0 Å². The molecule has 2 rings (SSSR count). The van der Waals surface area contributed by atoms with Crippen molar-refractivity contribution >= 4 is 17.3 Å². The van der Waals surface area contributed by atoms with Crippen LogP contribution in [0.2, 0.25) is 0 Å². The number of rotatable bonds is 4. The molecule has 0 fully saturated rings. The number of carbonyl (C=O) groups excluding carboxylic acids is 1. The summed E-state index contributed by atoms with van der Waals surface area (Å²) in [4.78, 5) is 12.3. The molecule has 2 N–H and O–H groups in total. The fourth-order valence-electron chi connectivity index (χ4n) is 2.31. The molecule has 1 amide bonds. The van der Waals surface area contributed by atoms with Gasteiger partial charge in [0.1, 0.15) is 12.1 Å². The number of para-hydroxylation sites is 1. The molecule has 0 aliphatic rings. The van der Waals surface area contributed by atoms with E-state index < -0.39 is 6.04 Å². The zero-order valence-electron chi connectivity index (χ0n) is 14.6.